The van der Waals surface area contributed by atoms with Gasteiger partial charge >= 0.3 is 0 Å². The highest BCUT2D eigenvalue weighted by molar-refractivity contribution is 7.90. The Hall–Kier alpha value is -3.17. The Morgan fingerprint density at radius 2 is 1.94 bits per heavy atom. The molecule has 0 aliphatic carbocycles. The molecular weight excluding hydrogens is 428 g/mol. The number of hydrogen-bond donors (Lipinski definition) is 3. The first-order valence-corrected chi connectivity index (χ1v) is 12.0. The van der Waals surface area contributed by atoms with Crippen LogP contribution < -0.4 is 10.0 Å². The zero-order chi connectivity index (χ0) is 22.6. The highest BCUT2D eigenvalue weighted by atomic mass is 32.2. The van der Waals surface area contributed by atoms with Crippen LogP contribution in [0.5, 0.6) is 5.75 Å². The quantitative estimate of drug-likeness (QED) is 0.621. The third-order valence-corrected chi connectivity index (χ3v) is 6.83. The number of hydrogen-bond acceptors (Lipinski definition) is 6. The Kier molecular flexibility index (Phi) is 6.57. The van der Waals surface area contributed by atoms with Crippen LogP contribution in [0.4, 0.5) is 5.69 Å². The third-order valence-electron chi connectivity index (χ3n) is 5.45. The molecule has 0 saturated heterocycles. The Balaban J connectivity index is 1.33. The summed E-state index contributed by atoms with van der Waals surface area (Å²) in [5.41, 5.74) is 2.70. The van der Waals surface area contributed by atoms with Gasteiger partial charge in [0.2, 0.25) is 5.91 Å². The lowest BCUT2D eigenvalue weighted by molar-refractivity contribution is -0.117. The fraction of sp³-hybridized carbons (Fsp3) is 0.304. The monoisotopic (exact) mass is 454 g/mol. The number of nitrogens with one attached hydrogen (secondary N) is 2. The molecule has 0 radical (unpaired) electrons. The van der Waals surface area contributed by atoms with E-state index in [0.717, 1.165) is 24.9 Å². The molecule has 168 valence electrons. The van der Waals surface area contributed by atoms with Gasteiger partial charge in [0.1, 0.15) is 11.6 Å². The lowest BCUT2D eigenvalue weighted by Crippen LogP contribution is -2.36. The predicted octanol–water partition coefficient (Wildman–Crippen LogP) is 2.59. The Morgan fingerprint density at radius 3 is 2.62 bits per heavy atom. The van der Waals surface area contributed by atoms with Crippen LogP contribution >= 0.6 is 0 Å². The summed E-state index contributed by atoms with van der Waals surface area (Å²) in [4.78, 5) is 18.8. The average molecular weight is 455 g/mol. The van der Waals surface area contributed by atoms with Crippen molar-refractivity contribution in [2.24, 2.45) is 4.99 Å². The van der Waals surface area contributed by atoms with Crippen LogP contribution in [0.3, 0.4) is 0 Å². The van der Waals surface area contributed by atoms with E-state index in [1.54, 1.807) is 24.3 Å². The summed E-state index contributed by atoms with van der Waals surface area (Å²) in [5.74, 6) is 0.516. The van der Waals surface area contributed by atoms with Crippen molar-refractivity contribution < 1.29 is 18.3 Å². The molecule has 3 N–H and O–H groups in total. The van der Waals surface area contributed by atoms with Gasteiger partial charge in [0.05, 0.1) is 11.4 Å². The van der Waals surface area contributed by atoms with E-state index in [2.05, 4.69) is 21.1 Å². The molecule has 0 fully saturated rings. The van der Waals surface area contributed by atoms with Crippen LogP contribution in [-0.4, -0.2) is 56.3 Å². The maximum atomic E-state index is 12.6. The molecular formula is C23H26N4O4S. The van der Waals surface area contributed by atoms with Gasteiger partial charge in [0.15, 0.2) is 0 Å². The number of carbonyl (C=O) groups excluding carboxylic acids is 1. The average Bonchev–Trinajstić information content (AvgIpc) is 3.27. The van der Waals surface area contributed by atoms with E-state index in [0.29, 0.717) is 31.0 Å². The van der Waals surface area contributed by atoms with Crippen LogP contribution in [0.2, 0.25) is 0 Å². The predicted molar refractivity (Wildman–Crippen MR) is 124 cm³/mol. The lowest BCUT2D eigenvalue weighted by atomic mass is 9.99. The molecule has 8 nitrogen and oxygen atoms in total. The van der Waals surface area contributed by atoms with Crippen molar-refractivity contribution >= 4 is 33.0 Å². The molecule has 32 heavy (non-hydrogen) atoms. The summed E-state index contributed by atoms with van der Waals surface area (Å²) >= 11 is 0. The highest BCUT2D eigenvalue weighted by Crippen LogP contribution is 2.24. The number of aromatic hydroxyl groups is 1. The standard InChI is InChI=1S/C23H26N4O4S/c28-20-8-6-17(7-9-20)18-10-13-27(14-11-18)16-23(29)25-19-3-1-4-21(15-19)32(30,31)26-22-5-2-12-24-22/h1,3-4,6-10,15,28H,2,5,11-14,16H2,(H,24,26)(H,25,29). The number of anilines is 1. The molecule has 0 bridgehead atoms. The molecule has 9 heteroatoms. The van der Waals surface area contributed by atoms with Crippen molar-refractivity contribution in [3.8, 4) is 5.75 Å². The summed E-state index contributed by atoms with van der Waals surface area (Å²) < 4.78 is 27.7. The van der Waals surface area contributed by atoms with Gasteiger partial charge in [-0.1, -0.05) is 24.3 Å². The fourth-order valence-corrected chi connectivity index (χ4v) is 4.91. The van der Waals surface area contributed by atoms with E-state index >= 15 is 0 Å². The van der Waals surface area contributed by atoms with Crippen molar-refractivity contribution in [3.63, 3.8) is 0 Å². The van der Waals surface area contributed by atoms with Crippen LogP contribution in [0.15, 0.2) is 64.5 Å². The minimum Gasteiger partial charge on any atom is -0.508 e. The highest BCUT2D eigenvalue weighted by Gasteiger charge is 2.20. The minimum atomic E-state index is -3.73. The first-order valence-electron chi connectivity index (χ1n) is 10.6. The first kappa shape index (κ1) is 22.0. The second kappa shape index (κ2) is 9.54. The normalized spacial score (nSPS) is 16.9. The van der Waals surface area contributed by atoms with Crippen molar-refractivity contribution in [1.29, 1.82) is 0 Å². The second-order valence-electron chi connectivity index (χ2n) is 7.87. The van der Waals surface area contributed by atoms with E-state index < -0.39 is 10.0 Å². The van der Waals surface area contributed by atoms with Gasteiger partial charge in [-0.05, 0) is 54.3 Å². The summed E-state index contributed by atoms with van der Waals surface area (Å²) in [5, 5.41) is 12.2. The third kappa shape index (κ3) is 5.54. The number of rotatable bonds is 6. The smallest absolute Gasteiger partial charge is 0.262 e. The van der Waals surface area contributed by atoms with Crippen molar-refractivity contribution in [3.05, 3.63) is 60.2 Å². The molecule has 0 saturated carbocycles. The van der Waals surface area contributed by atoms with E-state index in [1.807, 2.05) is 17.0 Å². The Labute approximate surface area is 187 Å². The van der Waals surface area contributed by atoms with Gasteiger partial charge in [-0.3, -0.25) is 19.4 Å². The lowest BCUT2D eigenvalue weighted by Gasteiger charge is -2.26. The molecule has 2 aliphatic rings. The van der Waals surface area contributed by atoms with Crippen LogP contribution in [0, 0.1) is 0 Å². The number of aliphatic imine (C=N–C) groups is 1. The molecule has 2 aliphatic heterocycles. The zero-order valence-corrected chi connectivity index (χ0v) is 18.4. The van der Waals surface area contributed by atoms with E-state index in [-0.39, 0.29) is 23.1 Å². The van der Waals surface area contributed by atoms with Gasteiger partial charge in [-0.2, -0.15) is 0 Å². The molecule has 0 unspecified atom stereocenters. The SMILES string of the molecule is O=C(CN1CC=C(c2ccc(O)cc2)CC1)Nc1cccc(S(=O)(=O)NC2=NCCC2)c1. The minimum absolute atomic E-state index is 0.0874. The van der Waals surface area contributed by atoms with Gasteiger partial charge in [0, 0.05) is 31.7 Å². The fourth-order valence-electron chi connectivity index (χ4n) is 3.77. The molecule has 4 rings (SSSR count). The maximum absolute atomic E-state index is 12.6. The number of sulfonamides is 1. The maximum Gasteiger partial charge on any atom is 0.262 e. The summed E-state index contributed by atoms with van der Waals surface area (Å²) in [6, 6.07) is 13.3. The van der Waals surface area contributed by atoms with Crippen LogP contribution in [-0.2, 0) is 14.8 Å². The number of nitrogens with zero attached hydrogens (tertiary/aromatic N) is 2. The van der Waals surface area contributed by atoms with Crippen molar-refractivity contribution in [1.82, 2.24) is 9.62 Å². The topological polar surface area (TPSA) is 111 Å². The van der Waals surface area contributed by atoms with Gasteiger partial charge in [0.25, 0.3) is 10.0 Å². The Morgan fingerprint density at radius 1 is 1.12 bits per heavy atom. The summed E-state index contributed by atoms with van der Waals surface area (Å²) in [6.45, 7) is 2.23. The number of phenols is 1. The molecule has 0 spiro atoms. The molecule has 1 amide bonds. The van der Waals surface area contributed by atoms with E-state index in [1.165, 1.54) is 17.7 Å². The first-order chi connectivity index (χ1) is 15.4. The Bertz CT molecular complexity index is 1160. The molecule has 2 aromatic carbocycles. The number of phenolic OH excluding ortho intramolecular Hbond substituents is 1. The summed E-state index contributed by atoms with van der Waals surface area (Å²) in [7, 11) is -3.73. The van der Waals surface area contributed by atoms with Crippen LogP contribution in [0.1, 0.15) is 24.8 Å². The molecule has 2 aromatic rings. The van der Waals surface area contributed by atoms with Gasteiger partial charge in [-0.15, -0.1) is 0 Å². The number of benzene rings is 2. The zero-order valence-electron chi connectivity index (χ0n) is 17.6. The number of amides is 1. The summed E-state index contributed by atoms with van der Waals surface area (Å²) in [6.07, 6.45) is 4.36. The molecule has 2 heterocycles. The van der Waals surface area contributed by atoms with Crippen LogP contribution in [0.25, 0.3) is 5.57 Å². The number of carbonyl (C=O) groups is 1. The van der Waals surface area contributed by atoms with Gasteiger partial charge in [-0.25, -0.2) is 8.42 Å². The van der Waals surface area contributed by atoms with E-state index in [9.17, 15) is 18.3 Å². The van der Waals surface area contributed by atoms with E-state index in [4.69, 9.17) is 0 Å². The number of amidine groups is 1. The van der Waals surface area contributed by atoms with Crippen molar-refractivity contribution in [2.75, 3.05) is 31.5 Å². The largest absolute Gasteiger partial charge is 0.508 e. The second-order valence-corrected chi connectivity index (χ2v) is 9.56. The molecule has 0 aromatic heterocycles. The van der Waals surface area contributed by atoms with Gasteiger partial charge < -0.3 is 10.4 Å². The molecule has 0 atom stereocenters. The van der Waals surface area contributed by atoms with Crippen molar-refractivity contribution in [2.45, 2.75) is 24.2 Å².